The highest BCUT2D eigenvalue weighted by Gasteiger charge is 2.32. The molecule has 0 aliphatic carbocycles. The smallest absolute Gasteiger partial charge is 0.379 e. The van der Waals surface area contributed by atoms with E-state index in [9.17, 15) is 22.4 Å². The maximum Gasteiger partial charge on any atom is 0.406 e. The second-order valence-electron chi connectivity index (χ2n) is 11.1. The number of ether oxygens (including phenoxy) is 1. The maximum atomic E-state index is 14.8. The minimum absolute atomic E-state index is 0.0343. The standard InChI is InChI=1S/C30H33F4N7O3/c1-39-10-9-24(22(31)17-39)36-23-3-2-4-25-21(23)15-26(41(25)18-30(32,33)34)28-37-27(44-38-28)16-35-29(42)19-5-7-20(8-6-19)40-11-13-43-14-12-40/h2-8,15,22,24,36H,9-14,16-18H2,1H3,(H,35,42)/t22-,24+/m0/s1. The molecule has 0 bridgehead atoms. The van der Waals surface area contributed by atoms with Crippen LogP contribution in [0, 0.1) is 0 Å². The molecule has 10 nitrogen and oxygen atoms in total. The topological polar surface area (TPSA) is 101 Å². The molecule has 2 atom stereocenters. The summed E-state index contributed by atoms with van der Waals surface area (Å²) in [6.07, 6.45) is -5.10. The van der Waals surface area contributed by atoms with Crippen LogP contribution in [0.1, 0.15) is 22.7 Å². The highest BCUT2D eigenvalue weighted by atomic mass is 19.4. The van der Waals surface area contributed by atoms with Crippen LogP contribution < -0.4 is 15.5 Å². The summed E-state index contributed by atoms with van der Waals surface area (Å²) >= 11 is 0. The van der Waals surface area contributed by atoms with E-state index in [1.54, 1.807) is 36.4 Å². The van der Waals surface area contributed by atoms with Gasteiger partial charge in [-0.25, -0.2) is 4.39 Å². The van der Waals surface area contributed by atoms with Crippen LogP contribution in [0.15, 0.2) is 53.1 Å². The number of nitrogens with one attached hydrogen (secondary N) is 2. The number of benzene rings is 2. The van der Waals surface area contributed by atoms with Crippen molar-refractivity contribution in [1.82, 2.24) is 24.9 Å². The SMILES string of the molecule is CN1CC[C@@H](Nc2cccc3c2cc(-c2noc(CNC(=O)c4ccc(N5CCOCC5)cc4)n2)n3CC(F)(F)F)[C@@H](F)C1. The Labute approximate surface area is 250 Å². The van der Waals surface area contributed by atoms with E-state index < -0.39 is 24.9 Å². The van der Waals surface area contributed by atoms with Gasteiger partial charge < -0.3 is 34.3 Å². The molecule has 234 valence electrons. The third kappa shape index (κ3) is 6.65. The number of fused-ring (bicyclic) bond motifs is 1. The maximum absolute atomic E-state index is 14.8. The average molecular weight is 616 g/mol. The third-order valence-corrected chi connectivity index (χ3v) is 7.97. The summed E-state index contributed by atoms with van der Waals surface area (Å²) in [5.41, 5.74) is 2.34. The monoisotopic (exact) mass is 615 g/mol. The number of likely N-dealkylation sites (tertiary alicyclic amines) is 1. The molecule has 0 saturated carbocycles. The van der Waals surface area contributed by atoms with E-state index in [4.69, 9.17) is 9.26 Å². The molecule has 2 aromatic carbocycles. The number of morpholine rings is 1. The third-order valence-electron chi connectivity index (χ3n) is 7.97. The quantitative estimate of drug-likeness (QED) is 0.280. The molecular formula is C30H33F4N7O3. The highest BCUT2D eigenvalue weighted by molar-refractivity contribution is 5.96. The van der Waals surface area contributed by atoms with Crippen molar-refractivity contribution in [3.63, 3.8) is 0 Å². The average Bonchev–Trinajstić information content (AvgIpc) is 3.62. The fraction of sp³-hybridized carbons (Fsp3) is 0.433. The zero-order valence-corrected chi connectivity index (χ0v) is 24.1. The van der Waals surface area contributed by atoms with Crippen molar-refractivity contribution in [2.75, 3.05) is 56.7 Å². The Hall–Kier alpha value is -4.17. The molecule has 2 fully saturated rings. The second kappa shape index (κ2) is 12.4. The molecule has 14 heteroatoms. The molecule has 44 heavy (non-hydrogen) atoms. The zero-order valence-electron chi connectivity index (χ0n) is 24.1. The first kappa shape index (κ1) is 29.9. The largest absolute Gasteiger partial charge is 0.406 e. The van der Waals surface area contributed by atoms with Gasteiger partial charge in [0, 0.05) is 48.5 Å². The van der Waals surface area contributed by atoms with Gasteiger partial charge in [-0.15, -0.1) is 0 Å². The van der Waals surface area contributed by atoms with Gasteiger partial charge in [0.25, 0.3) is 5.91 Å². The molecule has 0 unspecified atom stereocenters. The van der Waals surface area contributed by atoms with Crippen molar-refractivity contribution in [2.45, 2.75) is 37.9 Å². The van der Waals surface area contributed by atoms with Gasteiger partial charge >= 0.3 is 6.18 Å². The number of anilines is 2. The van der Waals surface area contributed by atoms with Crippen LogP contribution >= 0.6 is 0 Å². The molecule has 2 saturated heterocycles. The zero-order chi connectivity index (χ0) is 30.8. The van der Waals surface area contributed by atoms with E-state index in [2.05, 4.69) is 25.7 Å². The van der Waals surface area contributed by atoms with Crippen LogP contribution in [-0.4, -0.2) is 90.3 Å². The van der Waals surface area contributed by atoms with E-state index in [0.717, 1.165) is 23.3 Å². The first-order valence-electron chi connectivity index (χ1n) is 14.5. The molecule has 0 spiro atoms. The van der Waals surface area contributed by atoms with E-state index in [0.29, 0.717) is 48.3 Å². The number of amides is 1. The number of piperidine rings is 1. The molecule has 2 N–H and O–H groups in total. The fourth-order valence-corrected chi connectivity index (χ4v) is 5.70. The number of carbonyl (C=O) groups excluding carboxylic acids is 1. The van der Waals surface area contributed by atoms with Gasteiger partial charge in [-0.3, -0.25) is 4.79 Å². The molecule has 1 amide bonds. The van der Waals surface area contributed by atoms with E-state index in [1.165, 1.54) is 0 Å². The molecule has 2 aliphatic rings. The molecule has 2 aliphatic heterocycles. The first-order valence-corrected chi connectivity index (χ1v) is 14.5. The van der Waals surface area contributed by atoms with Crippen LogP contribution in [-0.2, 0) is 17.8 Å². The number of carbonyl (C=O) groups is 1. The number of hydrogen-bond donors (Lipinski definition) is 2. The summed E-state index contributed by atoms with van der Waals surface area (Å²) in [4.78, 5) is 21.1. The summed E-state index contributed by atoms with van der Waals surface area (Å²) in [5, 5.41) is 10.3. The number of aromatic nitrogens is 3. The number of rotatable bonds is 8. The summed E-state index contributed by atoms with van der Waals surface area (Å²) in [7, 11) is 1.85. The van der Waals surface area contributed by atoms with Crippen LogP contribution in [0.25, 0.3) is 22.4 Å². The lowest BCUT2D eigenvalue weighted by Gasteiger charge is -2.33. The predicted octanol–water partition coefficient (Wildman–Crippen LogP) is 4.47. The van der Waals surface area contributed by atoms with Gasteiger partial charge in [-0.1, -0.05) is 11.2 Å². The number of alkyl halides is 4. The lowest BCUT2D eigenvalue weighted by Crippen LogP contribution is -2.46. The van der Waals surface area contributed by atoms with Gasteiger partial charge in [0.05, 0.1) is 37.0 Å². The Kier molecular flexibility index (Phi) is 8.45. The van der Waals surface area contributed by atoms with Crippen molar-refractivity contribution in [2.24, 2.45) is 0 Å². The Balaban J connectivity index is 1.20. The Morgan fingerprint density at radius 1 is 1.09 bits per heavy atom. The molecule has 4 aromatic rings. The van der Waals surface area contributed by atoms with Crippen molar-refractivity contribution >= 4 is 28.2 Å². The molecule has 6 rings (SSSR count). The molecule has 0 radical (unpaired) electrons. The van der Waals surface area contributed by atoms with Gasteiger partial charge in [0.1, 0.15) is 12.7 Å². The fourth-order valence-electron chi connectivity index (χ4n) is 5.70. The first-order chi connectivity index (χ1) is 21.1. The Morgan fingerprint density at radius 2 is 1.86 bits per heavy atom. The summed E-state index contributed by atoms with van der Waals surface area (Å²) in [5.74, 6) is -0.384. The number of halogens is 4. The van der Waals surface area contributed by atoms with E-state index in [1.807, 2.05) is 24.1 Å². The van der Waals surface area contributed by atoms with E-state index >= 15 is 0 Å². The van der Waals surface area contributed by atoms with Crippen molar-refractivity contribution in [3.05, 3.63) is 60.0 Å². The summed E-state index contributed by atoms with van der Waals surface area (Å²) in [6, 6.07) is 13.2. The van der Waals surface area contributed by atoms with Gasteiger partial charge in [-0.2, -0.15) is 18.2 Å². The molecular weight excluding hydrogens is 582 g/mol. The number of hydrogen-bond acceptors (Lipinski definition) is 8. The highest BCUT2D eigenvalue weighted by Crippen LogP contribution is 2.35. The van der Waals surface area contributed by atoms with Crippen molar-refractivity contribution in [3.8, 4) is 11.5 Å². The number of nitrogens with zero attached hydrogens (tertiary/aromatic N) is 5. The molecule has 2 aromatic heterocycles. The van der Waals surface area contributed by atoms with Crippen LogP contribution in [0.4, 0.5) is 28.9 Å². The van der Waals surface area contributed by atoms with Gasteiger partial charge in [0.15, 0.2) is 0 Å². The van der Waals surface area contributed by atoms with Crippen LogP contribution in [0.5, 0.6) is 0 Å². The second-order valence-corrected chi connectivity index (χ2v) is 11.1. The Bertz CT molecular complexity index is 1600. The lowest BCUT2D eigenvalue weighted by atomic mass is 10.0. The van der Waals surface area contributed by atoms with Crippen LogP contribution in [0.3, 0.4) is 0 Å². The lowest BCUT2D eigenvalue weighted by molar-refractivity contribution is -0.139. The van der Waals surface area contributed by atoms with E-state index in [-0.39, 0.29) is 36.4 Å². The predicted molar refractivity (Wildman–Crippen MR) is 156 cm³/mol. The minimum Gasteiger partial charge on any atom is -0.379 e. The normalized spacial score (nSPS) is 19.8. The van der Waals surface area contributed by atoms with Crippen molar-refractivity contribution in [1.29, 1.82) is 0 Å². The summed E-state index contributed by atoms with van der Waals surface area (Å²) < 4.78 is 67.6. The van der Waals surface area contributed by atoms with Gasteiger partial charge in [-0.05, 0) is 55.9 Å². The van der Waals surface area contributed by atoms with Gasteiger partial charge in [0.2, 0.25) is 11.7 Å². The molecule has 4 heterocycles. The minimum atomic E-state index is -4.53. The van der Waals surface area contributed by atoms with Crippen molar-refractivity contribution < 1.29 is 31.6 Å². The summed E-state index contributed by atoms with van der Waals surface area (Å²) in [6.45, 7) is 2.45. The van der Waals surface area contributed by atoms with Crippen LogP contribution in [0.2, 0.25) is 0 Å². The Morgan fingerprint density at radius 3 is 2.59 bits per heavy atom.